The van der Waals surface area contributed by atoms with Gasteiger partial charge in [0.1, 0.15) is 0 Å². The maximum Gasteiger partial charge on any atom is 0.239 e. The molecule has 0 radical (unpaired) electrons. The molecule has 2 bridgehead atoms. The maximum atomic E-state index is 13.4. The quantitative estimate of drug-likeness (QED) is 0.755. The van der Waals surface area contributed by atoms with Gasteiger partial charge >= 0.3 is 0 Å². The van der Waals surface area contributed by atoms with Crippen molar-refractivity contribution >= 4 is 34.9 Å². The van der Waals surface area contributed by atoms with E-state index in [1.807, 2.05) is 30.0 Å². The number of nitrogens with one attached hydrogen (secondary N) is 1. The van der Waals surface area contributed by atoms with Gasteiger partial charge in [0.05, 0.1) is 23.6 Å². The minimum Gasteiger partial charge on any atom is -0.326 e. The molecular formula is C25H23N3O4. The number of aryl methyl sites for hydroxylation is 1. The molecule has 0 aliphatic carbocycles. The van der Waals surface area contributed by atoms with Crippen LogP contribution in [0.5, 0.6) is 0 Å². The standard InChI is InChI=1S/C25H23N3O4/c1-14-4-3-5-16(12-14)13-27-19-10-11-20(30)23(27)22-21(19)24(31)28(25(22)32)18-8-6-17(7-9-18)26-15(2)29/h3-12,19,21-23H,13H2,1-2H3,(H,26,29)/t19-,21-,22-,23+/m0/s1. The molecule has 3 amide bonds. The molecule has 4 atom stereocenters. The number of rotatable bonds is 4. The monoisotopic (exact) mass is 429 g/mol. The molecule has 2 aromatic carbocycles. The zero-order valence-corrected chi connectivity index (χ0v) is 17.8. The summed E-state index contributed by atoms with van der Waals surface area (Å²) in [5.74, 6) is -2.25. The highest BCUT2D eigenvalue weighted by molar-refractivity contribution is 6.24. The zero-order chi connectivity index (χ0) is 22.6. The molecular weight excluding hydrogens is 406 g/mol. The van der Waals surface area contributed by atoms with Gasteiger partial charge in [-0.1, -0.05) is 35.9 Å². The van der Waals surface area contributed by atoms with Gasteiger partial charge in [-0.2, -0.15) is 0 Å². The van der Waals surface area contributed by atoms with Crippen molar-refractivity contribution in [2.45, 2.75) is 32.5 Å². The number of imide groups is 1. The van der Waals surface area contributed by atoms with E-state index >= 15 is 0 Å². The number of carbonyl (C=O) groups is 4. The van der Waals surface area contributed by atoms with E-state index in [2.05, 4.69) is 11.4 Å². The second kappa shape index (κ2) is 7.53. The van der Waals surface area contributed by atoms with Gasteiger partial charge in [-0.15, -0.1) is 0 Å². The SMILES string of the molecule is CC(=O)Nc1ccc(N2C(=O)[C@@H]3[C@H](C2=O)[C@H]2C(=O)C=C[C@@H]3N2Cc2cccc(C)c2)cc1. The van der Waals surface area contributed by atoms with Gasteiger partial charge in [0.15, 0.2) is 5.78 Å². The molecule has 0 unspecified atom stereocenters. The highest BCUT2D eigenvalue weighted by atomic mass is 16.2. The Labute approximate surface area is 185 Å². The van der Waals surface area contributed by atoms with Gasteiger partial charge in [-0.3, -0.25) is 24.1 Å². The molecule has 7 heteroatoms. The fourth-order valence-corrected chi connectivity index (χ4v) is 5.24. The number of hydrogen-bond acceptors (Lipinski definition) is 5. The number of fused-ring (bicyclic) bond motifs is 5. The Bertz CT molecular complexity index is 1170. The Hall–Kier alpha value is -3.58. The van der Waals surface area contributed by atoms with Crippen molar-refractivity contribution in [1.82, 2.24) is 4.90 Å². The normalized spacial score (nSPS) is 26.6. The van der Waals surface area contributed by atoms with Crippen molar-refractivity contribution in [3.05, 3.63) is 71.8 Å². The van der Waals surface area contributed by atoms with Gasteiger partial charge < -0.3 is 5.32 Å². The van der Waals surface area contributed by atoms with Crippen LogP contribution in [0.15, 0.2) is 60.7 Å². The van der Waals surface area contributed by atoms with Crippen LogP contribution in [0.1, 0.15) is 18.1 Å². The third-order valence-corrected chi connectivity index (χ3v) is 6.49. The van der Waals surface area contributed by atoms with Gasteiger partial charge in [0.25, 0.3) is 0 Å². The molecule has 0 saturated carbocycles. The summed E-state index contributed by atoms with van der Waals surface area (Å²) in [5, 5.41) is 2.67. The van der Waals surface area contributed by atoms with Gasteiger partial charge in [0.2, 0.25) is 17.7 Å². The highest BCUT2D eigenvalue weighted by Gasteiger charge is 2.64. The lowest BCUT2D eigenvalue weighted by molar-refractivity contribution is -0.129. The van der Waals surface area contributed by atoms with Crippen molar-refractivity contribution < 1.29 is 19.2 Å². The zero-order valence-electron chi connectivity index (χ0n) is 17.8. The second-order valence-corrected chi connectivity index (χ2v) is 8.65. The predicted molar refractivity (Wildman–Crippen MR) is 119 cm³/mol. The molecule has 3 heterocycles. The molecule has 3 aliphatic rings. The van der Waals surface area contributed by atoms with E-state index in [1.54, 1.807) is 30.3 Å². The first-order valence-corrected chi connectivity index (χ1v) is 10.6. The lowest BCUT2D eigenvalue weighted by Crippen LogP contribution is -2.48. The van der Waals surface area contributed by atoms with E-state index < -0.39 is 17.9 Å². The molecule has 2 fully saturated rings. The van der Waals surface area contributed by atoms with E-state index in [-0.39, 0.29) is 29.5 Å². The Morgan fingerprint density at radius 2 is 1.72 bits per heavy atom. The highest BCUT2D eigenvalue weighted by Crippen LogP contribution is 2.47. The summed E-state index contributed by atoms with van der Waals surface area (Å²) in [6.07, 6.45) is 3.29. The Balaban J connectivity index is 1.45. The number of amides is 3. The second-order valence-electron chi connectivity index (χ2n) is 8.65. The first kappa shape index (κ1) is 20.3. The summed E-state index contributed by atoms with van der Waals surface area (Å²) in [6.45, 7) is 3.93. The molecule has 32 heavy (non-hydrogen) atoms. The third-order valence-electron chi connectivity index (χ3n) is 6.49. The topological polar surface area (TPSA) is 86.8 Å². The largest absolute Gasteiger partial charge is 0.326 e. The maximum absolute atomic E-state index is 13.4. The van der Waals surface area contributed by atoms with Crippen LogP contribution in [0.25, 0.3) is 0 Å². The van der Waals surface area contributed by atoms with E-state index in [4.69, 9.17) is 0 Å². The number of hydrogen-bond donors (Lipinski definition) is 1. The molecule has 2 aromatic rings. The molecule has 1 N–H and O–H groups in total. The molecule has 0 aromatic heterocycles. The van der Waals surface area contributed by atoms with Crippen molar-refractivity contribution in [3.8, 4) is 0 Å². The summed E-state index contributed by atoms with van der Waals surface area (Å²) >= 11 is 0. The minimum atomic E-state index is -0.699. The lowest BCUT2D eigenvalue weighted by atomic mass is 9.90. The number of benzene rings is 2. The van der Waals surface area contributed by atoms with Gasteiger partial charge in [-0.05, 0) is 42.8 Å². The van der Waals surface area contributed by atoms with E-state index in [0.717, 1.165) is 11.1 Å². The summed E-state index contributed by atoms with van der Waals surface area (Å²) in [4.78, 5) is 54.1. The van der Waals surface area contributed by atoms with E-state index in [0.29, 0.717) is 17.9 Å². The summed E-state index contributed by atoms with van der Waals surface area (Å²) in [6, 6.07) is 13.7. The van der Waals surface area contributed by atoms with E-state index in [9.17, 15) is 19.2 Å². The molecule has 3 aliphatic heterocycles. The molecule has 162 valence electrons. The Morgan fingerprint density at radius 3 is 2.41 bits per heavy atom. The smallest absolute Gasteiger partial charge is 0.239 e. The van der Waals surface area contributed by atoms with Crippen molar-refractivity contribution in [2.75, 3.05) is 10.2 Å². The van der Waals surface area contributed by atoms with Crippen LogP contribution in [0, 0.1) is 18.8 Å². The van der Waals surface area contributed by atoms with Crippen LogP contribution in [-0.4, -0.2) is 40.5 Å². The average molecular weight is 429 g/mol. The van der Waals surface area contributed by atoms with Crippen molar-refractivity contribution in [3.63, 3.8) is 0 Å². The first-order chi connectivity index (χ1) is 15.3. The first-order valence-electron chi connectivity index (χ1n) is 10.6. The number of anilines is 2. The number of nitrogens with zero attached hydrogens (tertiary/aromatic N) is 2. The van der Waals surface area contributed by atoms with Crippen LogP contribution in [0.2, 0.25) is 0 Å². The Morgan fingerprint density at radius 1 is 1.00 bits per heavy atom. The van der Waals surface area contributed by atoms with Gasteiger partial charge in [-0.25, -0.2) is 4.90 Å². The minimum absolute atomic E-state index is 0.134. The third kappa shape index (κ3) is 3.17. The summed E-state index contributed by atoms with van der Waals surface area (Å²) in [5.41, 5.74) is 3.20. The Kier molecular flexibility index (Phi) is 4.78. The van der Waals surface area contributed by atoms with Crippen LogP contribution in [0.4, 0.5) is 11.4 Å². The van der Waals surface area contributed by atoms with Crippen molar-refractivity contribution in [1.29, 1.82) is 0 Å². The van der Waals surface area contributed by atoms with Crippen LogP contribution in [-0.2, 0) is 25.7 Å². The molecule has 7 nitrogen and oxygen atoms in total. The van der Waals surface area contributed by atoms with Crippen LogP contribution >= 0.6 is 0 Å². The number of ketones is 1. The van der Waals surface area contributed by atoms with Crippen LogP contribution < -0.4 is 10.2 Å². The van der Waals surface area contributed by atoms with Crippen molar-refractivity contribution in [2.24, 2.45) is 11.8 Å². The predicted octanol–water partition coefficient (Wildman–Crippen LogP) is 2.45. The lowest BCUT2D eigenvalue weighted by Gasteiger charge is -2.33. The van der Waals surface area contributed by atoms with Gasteiger partial charge in [0, 0.05) is 25.2 Å². The fraction of sp³-hybridized carbons (Fsp3) is 0.280. The number of carbonyl (C=O) groups excluding carboxylic acids is 4. The summed E-state index contributed by atoms with van der Waals surface area (Å²) in [7, 11) is 0. The molecule has 0 spiro atoms. The average Bonchev–Trinajstić information content (AvgIpc) is 3.12. The van der Waals surface area contributed by atoms with E-state index in [1.165, 1.54) is 17.9 Å². The molecule has 2 saturated heterocycles. The molecule has 5 rings (SSSR count). The summed E-state index contributed by atoms with van der Waals surface area (Å²) < 4.78 is 0. The van der Waals surface area contributed by atoms with Crippen LogP contribution in [0.3, 0.4) is 0 Å². The fourth-order valence-electron chi connectivity index (χ4n) is 5.24.